The van der Waals surface area contributed by atoms with Crippen LogP contribution in [0, 0.1) is 0 Å². The van der Waals surface area contributed by atoms with E-state index in [9.17, 15) is 9.90 Å². The van der Waals surface area contributed by atoms with E-state index in [4.69, 9.17) is 4.74 Å². The van der Waals surface area contributed by atoms with Gasteiger partial charge in [-0.1, -0.05) is 25.1 Å². The second-order valence-corrected chi connectivity index (χ2v) is 7.19. The van der Waals surface area contributed by atoms with Crippen LogP contribution in [-0.4, -0.2) is 28.5 Å². The van der Waals surface area contributed by atoms with E-state index in [1.165, 1.54) is 0 Å². The van der Waals surface area contributed by atoms with Crippen LogP contribution in [0.2, 0.25) is 0 Å². The number of aryl methyl sites for hydroxylation is 1. The van der Waals surface area contributed by atoms with Gasteiger partial charge in [0.25, 0.3) is 0 Å². The average Bonchev–Trinajstić information content (AvgIpc) is 2.68. The number of fused-ring (bicyclic) bond motifs is 1. The molecule has 1 heterocycles. The molecule has 140 valence electrons. The molecule has 3 rings (SSSR count). The molecule has 0 atom stereocenters. The maximum Gasteiger partial charge on any atom is 0.339 e. The van der Waals surface area contributed by atoms with E-state index in [-0.39, 0.29) is 5.56 Å². The Balaban J connectivity index is 2.45. The molecule has 0 aliphatic carbocycles. The fourth-order valence-corrected chi connectivity index (χ4v) is 3.80. The van der Waals surface area contributed by atoms with Gasteiger partial charge >= 0.3 is 5.97 Å². The van der Waals surface area contributed by atoms with Crippen LogP contribution in [0.3, 0.4) is 0 Å². The molecule has 0 spiro atoms. The highest BCUT2D eigenvalue weighted by atomic mass is 32.2. The Morgan fingerprint density at radius 2 is 1.96 bits per heavy atom. The molecule has 0 aliphatic heterocycles. The van der Waals surface area contributed by atoms with E-state index >= 15 is 0 Å². The Bertz CT molecular complexity index is 1040. The van der Waals surface area contributed by atoms with Crippen LogP contribution in [0.1, 0.15) is 24.2 Å². The largest absolute Gasteiger partial charge is 0.496 e. The maximum absolute atomic E-state index is 11.9. The molecule has 6 heteroatoms. The number of aromatic carboxylic acids is 1. The summed E-state index contributed by atoms with van der Waals surface area (Å²) in [5, 5.41) is 11.0. The zero-order valence-electron chi connectivity index (χ0n) is 15.6. The molecule has 0 amide bonds. The van der Waals surface area contributed by atoms with Crippen LogP contribution < -0.4 is 10.1 Å². The number of ether oxygens (including phenoxy) is 1. The Hall–Kier alpha value is -2.73. The number of methoxy groups -OCH3 is 1. The third-order valence-corrected chi connectivity index (χ3v) is 5.17. The average molecular weight is 382 g/mol. The summed E-state index contributed by atoms with van der Waals surface area (Å²) >= 11 is 1.70. The number of rotatable bonds is 6. The smallest absolute Gasteiger partial charge is 0.339 e. The first kappa shape index (κ1) is 19.0. The standard InChI is InChI=1S/C21H22N2O3S/c1-4-23-13-16(21(24)25)20(22-14-9-7-6-8-10-14)15-11-18(26-3)19(27-5-2)12-17(15)23/h6-13H,4-5H2,1-3H3,(H,24,25). The van der Waals surface area contributed by atoms with Crippen LogP contribution in [0.5, 0.6) is 5.75 Å². The molecule has 0 aliphatic rings. The summed E-state index contributed by atoms with van der Waals surface area (Å²) in [6.07, 6.45) is 1.67. The van der Waals surface area contributed by atoms with Crippen molar-refractivity contribution in [3.05, 3.63) is 59.6 Å². The van der Waals surface area contributed by atoms with Crippen LogP contribution in [0.15, 0.2) is 58.5 Å². The first-order valence-corrected chi connectivity index (χ1v) is 9.78. The number of thioether (sulfide) groups is 1. The van der Waals surface area contributed by atoms with Crippen molar-refractivity contribution in [3.63, 3.8) is 0 Å². The van der Waals surface area contributed by atoms with Gasteiger partial charge in [0.2, 0.25) is 0 Å². The number of para-hydroxylation sites is 1. The molecule has 0 saturated carbocycles. The molecule has 0 fully saturated rings. The number of pyridine rings is 1. The van der Waals surface area contributed by atoms with Crippen molar-refractivity contribution in [2.75, 3.05) is 12.9 Å². The summed E-state index contributed by atoms with van der Waals surface area (Å²) < 4.78 is 7.51. The van der Waals surface area contributed by atoms with Gasteiger partial charge in [-0.2, -0.15) is 0 Å². The summed E-state index contributed by atoms with van der Waals surface area (Å²) in [4.78, 5) is 17.6. The second kappa shape index (κ2) is 8.31. The molecule has 0 radical (unpaired) electrons. The molecule has 0 bridgehead atoms. The lowest BCUT2D eigenvalue weighted by Gasteiger charge is -2.15. The van der Waals surface area contributed by atoms with Gasteiger partial charge in [-0.15, -0.1) is 11.8 Å². The fraction of sp³-hybridized carbons (Fsp3) is 0.238. The summed E-state index contributed by atoms with van der Waals surface area (Å²) in [6, 6.07) is 13.3. The zero-order valence-corrected chi connectivity index (χ0v) is 16.4. The highest BCUT2D eigenvalue weighted by molar-refractivity contribution is 7.99. The lowest BCUT2D eigenvalue weighted by Crippen LogP contribution is -2.20. The molecular formula is C21H22N2O3S. The van der Waals surface area contributed by atoms with Gasteiger partial charge in [0.1, 0.15) is 11.3 Å². The number of carboxylic acid groups (broad SMARTS) is 1. The SMILES string of the molecule is CCSc1cc2c(cc1OC)c(=Nc1ccccc1)c(C(=O)O)cn2CC. The first-order chi connectivity index (χ1) is 13.1. The number of hydrogen-bond acceptors (Lipinski definition) is 4. The number of hydrogen-bond donors (Lipinski definition) is 1. The van der Waals surface area contributed by atoms with E-state index in [1.807, 2.05) is 47.9 Å². The lowest BCUT2D eigenvalue weighted by molar-refractivity contribution is 0.0694. The summed E-state index contributed by atoms with van der Waals surface area (Å²) in [7, 11) is 1.63. The van der Waals surface area contributed by atoms with E-state index in [1.54, 1.807) is 25.1 Å². The van der Waals surface area contributed by atoms with Crippen molar-refractivity contribution in [1.29, 1.82) is 0 Å². The predicted octanol–water partition coefficient (Wildman–Crippen LogP) is 4.71. The minimum Gasteiger partial charge on any atom is -0.496 e. The van der Waals surface area contributed by atoms with Crippen LogP contribution in [0.25, 0.3) is 10.9 Å². The molecule has 5 nitrogen and oxygen atoms in total. The monoisotopic (exact) mass is 382 g/mol. The van der Waals surface area contributed by atoms with Gasteiger partial charge < -0.3 is 14.4 Å². The van der Waals surface area contributed by atoms with Gasteiger partial charge in [-0.25, -0.2) is 9.79 Å². The number of benzene rings is 2. The van der Waals surface area contributed by atoms with Gasteiger partial charge in [0, 0.05) is 18.1 Å². The fourth-order valence-electron chi connectivity index (χ4n) is 3.01. The van der Waals surface area contributed by atoms with E-state index in [0.29, 0.717) is 17.6 Å². The van der Waals surface area contributed by atoms with E-state index in [0.717, 1.165) is 27.3 Å². The van der Waals surface area contributed by atoms with Gasteiger partial charge in [0.05, 0.1) is 28.6 Å². The van der Waals surface area contributed by atoms with Crippen LogP contribution >= 0.6 is 11.8 Å². The molecule has 1 N–H and O–H groups in total. The number of nitrogens with zero attached hydrogens (tertiary/aromatic N) is 2. The zero-order chi connectivity index (χ0) is 19.4. The third kappa shape index (κ3) is 3.85. The molecule has 1 aromatic heterocycles. The Kier molecular flexibility index (Phi) is 5.86. The van der Waals surface area contributed by atoms with Crippen molar-refractivity contribution in [2.24, 2.45) is 4.99 Å². The van der Waals surface area contributed by atoms with Crippen LogP contribution in [0.4, 0.5) is 5.69 Å². The van der Waals surface area contributed by atoms with Crippen molar-refractivity contribution in [3.8, 4) is 5.75 Å². The van der Waals surface area contributed by atoms with Crippen molar-refractivity contribution >= 4 is 34.3 Å². The predicted molar refractivity (Wildman–Crippen MR) is 109 cm³/mol. The van der Waals surface area contributed by atoms with Crippen molar-refractivity contribution < 1.29 is 14.6 Å². The molecule has 27 heavy (non-hydrogen) atoms. The number of carboxylic acids is 1. The van der Waals surface area contributed by atoms with Gasteiger partial charge in [-0.3, -0.25) is 0 Å². The number of aromatic nitrogens is 1. The van der Waals surface area contributed by atoms with Gasteiger partial charge in [-0.05, 0) is 36.9 Å². The second-order valence-electron chi connectivity index (χ2n) is 5.88. The van der Waals surface area contributed by atoms with E-state index < -0.39 is 5.97 Å². The number of carbonyl (C=O) groups is 1. The normalized spacial score (nSPS) is 11.7. The quantitative estimate of drug-likeness (QED) is 0.627. The molecular weight excluding hydrogens is 360 g/mol. The van der Waals surface area contributed by atoms with Crippen LogP contribution in [-0.2, 0) is 6.54 Å². The lowest BCUT2D eigenvalue weighted by atomic mass is 10.1. The van der Waals surface area contributed by atoms with E-state index in [2.05, 4.69) is 18.0 Å². The maximum atomic E-state index is 11.9. The van der Waals surface area contributed by atoms with Gasteiger partial charge in [0.15, 0.2) is 0 Å². The molecule has 0 saturated heterocycles. The first-order valence-electron chi connectivity index (χ1n) is 8.80. The summed E-state index contributed by atoms with van der Waals surface area (Å²) in [5.74, 6) is 0.645. The molecule has 0 unspecified atom stereocenters. The Morgan fingerprint density at radius 3 is 2.56 bits per heavy atom. The van der Waals surface area contributed by atoms with Crippen molar-refractivity contribution in [2.45, 2.75) is 25.3 Å². The topological polar surface area (TPSA) is 63.8 Å². The third-order valence-electron chi connectivity index (χ3n) is 4.25. The summed E-state index contributed by atoms with van der Waals surface area (Å²) in [5.41, 5.74) is 1.82. The molecule has 2 aromatic carbocycles. The Labute approximate surface area is 162 Å². The Morgan fingerprint density at radius 1 is 1.22 bits per heavy atom. The minimum absolute atomic E-state index is 0.172. The highest BCUT2D eigenvalue weighted by Gasteiger charge is 2.16. The highest BCUT2D eigenvalue weighted by Crippen LogP contribution is 2.33. The molecule has 3 aromatic rings. The van der Waals surface area contributed by atoms with Crippen molar-refractivity contribution in [1.82, 2.24) is 4.57 Å². The summed E-state index contributed by atoms with van der Waals surface area (Å²) in [6.45, 7) is 4.74. The minimum atomic E-state index is -1.00.